The number of aromatic amines is 2. The molecule has 6 aromatic carbocycles. The fraction of sp³-hybridized carbons (Fsp3) is 0.120. The third kappa shape index (κ3) is 7.73. The molecule has 8 heteroatoms. The first-order chi connectivity index (χ1) is 28.5. The molecule has 8 aromatic rings. The predicted molar refractivity (Wildman–Crippen MR) is 235 cm³/mol. The van der Waals surface area contributed by atoms with Crippen LogP contribution in [0.15, 0.2) is 202 Å². The zero-order valence-corrected chi connectivity index (χ0v) is 32.5. The monoisotopic (exact) mass is 760 g/mol. The molecule has 58 heavy (non-hydrogen) atoms. The second-order valence-electron chi connectivity index (χ2n) is 14.2. The van der Waals surface area contributed by atoms with Crippen molar-refractivity contribution in [3.8, 4) is 11.4 Å². The number of hydrogen-bond acceptors (Lipinski definition) is 4. The third-order valence-corrected chi connectivity index (χ3v) is 10.4. The van der Waals surface area contributed by atoms with Gasteiger partial charge in [0.2, 0.25) is 0 Å². The first kappa shape index (κ1) is 37.6. The number of aromatic nitrogens is 4. The van der Waals surface area contributed by atoms with Gasteiger partial charge < -0.3 is 0 Å². The number of hydrogen-bond donors (Lipinski definition) is 2. The Hall–Kier alpha value is -7.32. The Kier molecular flexibility index (Phi) is 11.2. The normalized spacial score (nSPS) is 12.1. The van der Waals surface area contributed by atoms with Crippen LogP contribution >= 0.6 is 0 Å². The van der Waals surface area contributed by atoms with E-state index in [-0.39, 0.29) is 36.0 Å². The minimum Gasteiger partial charge on any atom is -0.295 e. The molecule has 8 rings (SSSR count). The highest BCUT2D eigenvalue weighted by molar-refractivity contribution is 6.08. The Morgan fingerprint density at radius 3 is 0.966 bits per heavy atom. The number of benzene rings is 6. The number of H-pyrrole nitrogens is 2. The lowest BCUT2D eigenvalue weighted by atomic mass is 9.84. The summed E-state index contributed by atoms with van der Waals surface area (Å²) in [5.41, 5.74) is 8.93. The van der Waals surface area contributed by atoms with Gasteiger partial charge in [0, 0.05) is 11.4 Å². The average Bonchev–Trinajstić information content (AvgIpc) is 3.75. The van der Waals surface area contributed by atoms with E-state index in [9.17, 15) is 9.59 Å². The highest BCUT2D eigenvalue weighted by Crippen LogP contribution is 2.31. The number of nitrogens with one attached hydrogen (secondary N) is 2. The first-order valence-electron chi connectivity index (χ1n) is 19.5. The molecule has 0 radical (unpaired) electrons. The predicted octanol–water partition coefficient (Wildman–Crippen LogP) is 9.20. The molecule has 0 amide bonds. The molecule has 8 nitrogen and oxygen atoms in total. The van der Waals surface area contributed by atoms with Crippen LogP contribution < -0.4 is 11.1 Å². The van der Waals surface area contributed by atoms with Crippen LogP contribution in [0.1, 0.15) is 56.6 Å². The Bertz CT molecular complexity index is 2490. The summed E-state index contributed by atoms with van der Waals surface area (Å²) in [5.74, 6) is -0.688. The van der Waals surface area contributed by atoms with E-state index in [1.165, 1.54) is 0 Å². The molecule has 0 atom stereocenters. The number of para-hydroxylation sites is 2. The molecule has 0 unspecified atom stereocenters. The molecule has 0 aliphatic heterocycles. The molecule has 0 spiro atoms. The van der Waals surface area contributed by atoms with E-state index < -0.39 is 0 Å². The van der Waals surface area contributed by atoms with Gasteiger partial charge in [-0.2, -0.15) is 0 Å². The minimum atomic E-state index is -0.344. The largest absolute Gasteiger partial charge is 0.295 e. The van der Waals surface area contributed by atoms with Crippen LogP contribution in [-0.2, 0) is 0 Å². The van der Waals surface area contributed by atoms with Crippen molar-refractivity contribution in [3.05, 3.63) is 247 Å². The Balaban J connectivity index is 1.29. The lowest BCUT2D eigenvalue weighted by Gasteiger charge is -2.21. The second-order valence-corrected chi connectivity index (χ2v) is 14.2. The second kappa shape index (κ2) is 17.2. The van der Waals surface area contributed by atoms with Crippen molar-refractivity contribution in [2.24, 2.45) is 9.98 Å². The van der Waals surface area contributed by atoms with E-state index in [2.05, 4.69) is 58.7 Å². The summed E-state index contributed by atoms with van der Waals surface area (Å²) in [7, 11) is 0. The molecule has 2 heterocycles. The van der Waals surface area contributed by atoms with Crippen molar-refractivity contribution in [2.75, 3.05) is 13.1 Å². The highest BCUT2D eigenvalue weighted by atomic mass is 16.1. The molecular formula is C50H44N6O2. The maximum Gasteiger partial charge on any atom is 0.280 e. The van der Waals surface area contributed by atoms with Crippen LogP contribution in [-0.4, -0.2) is 44.1 Å². The van der Waals surface area contributed by atoms with Crippen LogP contribution in [0, 0.1) is 13.8 Å². The van der Waals surface area contributed by atoms with Gasteiger partial charge in [-0.3, -0.25) is 29.8 Å². The van der Waals surface area contributed by atoms with Crippen molar-refractivity contribution in [3.63, 3.8) is 0 Å². The van der Waals surface area contributed by atoms with Crippen LogP contribution in [0.5, 0.6) is 0 Å². The molecule has 0 aliphatic carbocycles. The summed E-state index contributed by atoms with van der Waals surface area (Å²) < 4.78 is 3.17. The summed E-state index contributed by atoms with van der Waals surface area (Å²) in [6.07, 6.45) is 0. The third-order valence-electron chi connectivity index (χ3n) is 10.4. The quantitative estimate of drug-likeness (QED) is 0.0905. The van der Waals surface area contributed by atoms with Gasteiger partial charge in [0.25, 0.3) is 11.1 Å². The fourth-order valence-corrected chi connectivity index (χ4v) is 7.78. The summed E-state index contributed by atoms with van der Waals surface area (Å²) in [6.45, 7) is 4.37. The van der Waals surface area contributed by atoms with Crippen LogP contribution in [0.4, 0.5) is 0 Å². The van der Waals surface area contributed by atoms with Crippen molar-refractivity contribution < 1.29 is 0 Å². The van der Waals surface area contributed by atoms with E-state index in [0.717, 1.165) is 33.6 Å². The van der Waals surface area contributed by atoms with Crippen molar-refractivity contribution in [1.29, 1.82) is 0 Å². The maximum atomic E-state index is 14.5. The lowest BCUT2D eigenvalue weighted by Crippen LogP contribution is -2.26. The molecule has 0 saturated carbocycles. The zero-order chi connectivity index (χ0) is 39.8. The van der Waals surface area contributed by atoms with E-state index >= 15 is 0 Å². The molecule has 2 N–H and O–H groups in total. The summed E-state index contributed by atoms with van der Waals surface area (Å²) in [6, 6.07) is 59.9. The van der Waals surface area contributed by atoms with Crippen molar-refractivity contribution >= 4 is 11.4 Å². The van der Waals surface area contributed by atoms with Crippen LogP contribution in [0.25, 0.3) is 11.4 Å². The van der Waals surface area contributed by atoms with Gasteiger partial charge in [-0.15, -0.1) is 0 Å². The van der Waals surface area contributed by atoms with Crippen molar-refractivity contribution in [2.45, 2.75) is 25.7 Å². The van der Waals surface area contributed by atoms with E-state index in [1.807, 2.05) is 147 Å². The molecule has 2 aromatic heterocycles. The van der Waals surface area contributed by atoms with Gasteiger partial charge in [-0.1, -0.05) is 158 Å². The van der Waals surface area contributed by atoms with Gasteiger partial charge >= 0.3 is 0 Å². The average molecular weight is 761 g/mol. The summed E-state index contributed by atoms with van der Waals surface area (Å²) in [4.78, 5) is 39.7. The SMILES string of the molecule is Cc1[nH]n(-c2ccccc2)c(=O)c1C(=NCCN=C(c1c(C)[nH]n(-c2ccccc2)c1=O)C(c1ccccc1)c1ccccc1)C(c1ccccc1)c1ccccc1. The molecular weight excluding hydrogens is 717 g/mol. The number of aryl methyl sites for hydroxylation is 2. The fourth-order valence-electron chi connectivity index (χ4n) is 7.78. The number of aliphatic imine (C=N–C) groups is 2. The van der Waals surface area contributed by atoms with Gasteiger partial charge in [-0.25, -0.2) is 9.36 Å². The molecule has 0 fully saturated rings. The van der Waals surface area contributed by atoms with Crippen LogP contribution in [0.3, 0.4) is 0 Å². The molecule has 0 saturated heterocycles. The Morgan fingerprint density at radius 2 is 0.690 bits per heavy atom. The Labute approximate surface area is 337 Å². The van der Waals surface area contributed by atoms with E-state index in [4.69, 9.17) is 9.98 Å². The lowest BCUT2D eigenvalue weighted by molar-refractivity contribution is 0.835. The zero-order valence-electron chi connectivity index (χ0n) is 32.5. The number of nitrogens with zero attached hydrogens (tertiary/aromatic N) is 4. The standard InChI is InChI=1S/C50H44N6O2/c1-35-43(49(57)55(53-35)41-29-17-7-18-30-41)47(45(37-21-9-3-10-22-37)38-23-11-4-12-24-38)51-33-34-52-48(44-36(2)54-56(50(44)58)42-31-19-8-20-32-42)46(39-25-13-5-14-26-39)40-27-15-6-16-28-40/h3-32,45-46,53-54H,33-34H2,1-2H3. The Morgan fingerprint density at radius 1 is 0.431 bits per heavy atom. The summed E-state index contributed by atoms with van der Waals surface area (Å²) in [5, 5.41) is 6.66. The van der Waals surface area contributed by atoms with Gasteiger partial charge in [0.05, 0.1) is 58.9 Å². The number of rotatable bonds is 13. The van der Waals surface area contributed by atoms with E-state index in [1.54, 1.807) is 9.36 Å². The molecule has 286 valence electrons. The van der Waals surface area contributed by atoms with Crippen LogP contribution in [0.2, 0.25) is 0 Å². The van der Waals surface area contributed by atoms with Gasteiger partial charge in [0.1, 0.15) is 0 Å². The summed E-state index contributed by atoms with van der Waals surface area (Å²) >= 11 is 0. The van der Waals surface area contributed by atoms with Gasteiger partial charge in [0.15, 0.2) is 0 Å². The topological polar surface area (TPSA) is 100 Å². The minimum absolute atomic E-state index is 0.180. The smallest absolute Gasteiger partial charge is 0.280 e. The van der Waals surface area contributed by atoms with E-state index in [0.29, 0.717) is 33.9 Å². The maximum absolute atomic E-state index is 14.5. The molecule has 0 aliphatic rings. The molecule has 0 bridgehead atoms. The van der Waals surface area contributed by atoms with Crippen molar-refractivity contribution in [1.82, 2.24) is 19.6 Å². The first-order valence-corrected chi connectivity index (χ1v) is 19.5. The van der Waals surface area contributed by atoms with Gasteiger partial charge in [-0.05, 0) is 60.4 Å². The highest BCUT2D eigenvalue weighted by Gasteiger charge is 2.29.